The van der Waals surface area contributed by atoms with E-state index in [0.29, 0.717) is 3.97 Å². The molecule has 6 nitrogen and oxygen atoms in total. The molecule has 10 heteroatoms. The molecule has 3 rings (SSSR count). The maximum Gasteiger partial charge on any atom is 0.412 e. The standard InChI is InChI=1S/C20H19F3N2O4S/c1-20(2,3)29-19(26)24-15-8-5-9-16-17(15)14(18(22)23)11-25(16)30(27,28)13-7-4-6-12(21)10-13/h4-11,18H,1-3H3,(H,24,26). The summed E-state index contributed by atoms with van der Waals surface area (Å²) in [4.78, 5) is 11.7. The Bertz CT molecular complexity index is 1210. The van der Waals surface area contributed by atoms with Crippen molar-refractivity contribution < 1.29 is 31.1 Å². The topological polar surface area (TPSA) is 77.4 Å². The minimum atomic E-state index is -4.38. The number of ether oxygens (including phenoxy) is 1. The molecule has 0 bridgehead atoms. The Balaban J connectivity index is 2.18. The van der Waals surface area contributed by atoms with Crippen molar-refractivity contribution >= 4 is 32.7 Å². The van der Waals surface area contributed by atoms with Gasteiger partial charge in [0.25, 0.3) is 16.4 Å². The summed E-state index contributed by atoms with van der Waals surface area (Å²) in [5.41, 5.74) is -1.55. The van der Waals surface area contributed by atoms with Gasteiger partial charge in [-0.25, -0.2) is 30.4 Å². The zero-order valence-electron chi connectivity index (χ0n) is 16.3. The number of anilines is 1. The van der Waals surface area contributed by atoms with Crippen LogP contribution in [0.1, 0.15) is 32.8 Å². The third-order valence-corrected chi connectivity index (χ3v) is 5.72. The number of alkyl halides is 2. The average molecular weight is 440 g/mol. The number of nitrogens with one attached hydrogen (secondary N) is 1. The van der Waals surface area contributed by atoms with Crippen molar-refractivity contribution in [1.29, 1.82) is 0 Å². The number of rotatable bonds is 4. The molecule has 1 aromatic heterocycles. The Morgan fingerprint density at radius 1 is 1.13 bits per heavy atom. The molecule has 1 heterocycles. The number of carbonyl (C=O) groups excluding carboxylic acids is 1. The quantitative estimate of drug-likeness (QED) is 0.597. The minimum absolute atomic E-state index is 0.0368. The molecule has 0 fully saturated rings. The van der Waals surface area contributed by atoms with Crippen LogP contribution in [0.2, 0.25) is 0 Å². The molecular formula is C20H19F3N2O4S. The van der Waals surface area contributed by atoms with Gasteiger partial charge in [0.1, 0.15) is 11.4 Å². The van der Waals surface area contributed by atoms with Gasteiger partial charge in [0, 0.05) is 17.1 Å². The summed E-state index contributed by atoms with van der Waals surface area (Å²) in [5, 5.41) is 2.23. The van der Waals surface area contributed by atoms with E-state index >= 15 is 0 Å². The predicted molar refractivity (Wildman–Crippen MR) is 106 cm³/mol. The summed E-state index contributed by atoms with van der Waals surface area (Å²) >= 11 is 0. The summed E-state index contributed by atoms with van der Waals surface area (Å²) < 4.78 is 72.8. The lowest BCUT2D eigenvalue weighted by Gasteiger charge is -2.20. The lowest BCUT2D eigenvalue weighted by atomic mass is 10.1. The third-order valence-electron chi connectivity index (χ3n) is 4.05. The molecule has 0 aliphatic carbocycles. The van der Waals surface area contributed by atoms with Gasteiger partial charge in [-0.2, -0.15) is 0 Å². The molecule has 0 atom stereocenters. The Kier molecular flexibility index (Phi) is 5.55. The predicted octanol–water partition coefficient (Wildman–Crippen LogP) is 5.30. The second kappa shape index (κ2) is 7.67. The molecular weight excluding hydrogens is 421 g/mol. The Labute approximate surface area is 171 Å². The van der Waals surface area contributed by atoms with E-state index < -0.39 is 44.4 Å². The normalized spacial score (nSPS) is 12.4. The van der Waals surface area contributed by atoms with E-state index in [9.17, 15) is 26.4 Å². The smallest absolute Gasteiger partial charge is 0.412 e. The van der Waals surface area contributed by atoms with Crippen LogP contribution in [0.5, 0.6) is 0 Å². The van der Waals surface area contributed by atoms with Crippen molar-refractivity contribution in [2.45, 2.75) is 37.7 Å². The highest BCUT2D eigenvalue weighted by molar-refractivity contribution is 7.90. The largest absolute Gasteiger partial charge is 0.444 e. The SMILES string of the molecule is CC(C)(C)OC(=O)Nc1cccc2c1c(C(F)F)cn2S(=O)(=O)c1cccc(F)c1. The number of amides is 1. The van der Waals surface area contributed by atoms with Gasteiger partial charge < -0.3 is 4.74 Å². The van der Waals surface area contributed by atoms with E-state index in [0.717, 1.165) is 24.4 Å². The van der Waals surface area contributed by atoms with E-state index in [1.807, 2.05) is 0 Å². The molecule has 0 unspecified atom stereocenters. The third kappa shape index (κ3) is 4.28. The lowest BCUT2D eigenvalue weighted by molar-refractivity contribution is 0.0636. The summed E-state index contributed by atoms with van der Waals surface area (Å²) in [5.74, 6) is -0.783. The second-order valence-electron chi connectivity index (χ2n) is 7.47. The first kappa shape index (κ1) is 21.7. The molecule has 0 aliphatic heterocycles. The van der Waals surface area contributed by atoms with E-state index in [2.05, 4.69) is 5.32 Å². The maximum absolute atomic E-state index is 13.7. The number of halogens is 3. The first-order chi connectivity index (χ1) is 13.9. The number of nitrogens with zero attached hydrogens (tertiary/aromatic N) is 1. The zero-order valence-corrected chi connectivity index (χ0v) is 17.1. The van der Waals surface area contributed by atoms with Gasteiger partial charge in [0.2, 0.25) is 0 Å². The first-order valence-corrected chi connectivity index (χ1v) is 10.3. The van der Waals surface area contributed by atoms with Crippen LogP contribution in [0, 0.1) is 5.82 Å². The number of benzene rings is 2. The second-order valence-corrected chi connectivity index (χ2v) is 9.28. The van der Waals surface area contributed by atoms with E-state index in [-0.39, 0.29) is 16.6 Å². The Hall–Kier alpha value is -3.01. The molecule has 1 amide bonds. The van der Waals surface area contributed by atoms with Crippen LogP contribution in [0.15, 0.2) is 53.6 Å². The Morgan fingerprint density at radius 2 is 1.80 bits per heavy atom. The van der Waals surface area contributed by atoms with Crippen molar-refractivity contribution in [2.75, 3.05) is 5.32 Å². The number of hydrogen-bond acceptors (Lipinski definition) is 4. The number of hydrogen-bond donors (Lipinski definition) is 1. The van der Waals surface area contributed by atoms with Crippen molar-refractivity contribution in [3.63, 3.8) is 0 Å². The fourth-order valence-electron chi connectivity index (χ4n) is 2.91. The summed E-state index contributed by atoms with van der Waals surface area (Å²) in [6, 6.07) is 8.32. The highest BCUT2D eigenvalue weighted by Gasteiger charge is 2.27. The van der Waals surface area contributed by atoms with Crippen LogP contribution in [0.25, 0.3) is 10.9 Å². The molecule has 3 aromatic rings. The van der Waals surface area contributed by atoms with Gasteiger partial charge in [-0.05, 0) is 51.1 Å². The molecule has 0 radical (unpaired) electrons. The van der Waals surface area contributed by atoms with Crippen LogP contribution < -0.4 is 5.32 Å². The van der Waals surface area contributed by atoms with Crippen LogP contribution >= 0.6 is 0 Å². The van der Waals surface area contributed by atoms with Gasteiger partial charge in [-0.15, -0.1) is 0 Å². The van der Waals surface area contributed by atoms with Crippen LogP contribution in [-0.2, 0) is 14.8 Å². The molecule has 0 saturated heterocycles. The molecule has 0 aliphatic rings. The molecule has 160 valence electrons. The minimum Gasteiger partial charge on any atom is -0.444 e. The van der Waals surface area contributed by atoms with Gasteiger partial charge in [0.05, 0.1) is 16.1 Å². The van der Waals surface area contributed by atoms with Gasteiger partial charge in [0.15, 0.2) is 0 Å². The van der Waals surface area contributed by atoms with Gasteiger partial charge in [-0.3, -0.25) is 5.32 Å². The molecule has 2 aromatic carbocycles. The number of aromatic nitrogens is 1. The van der Waals surface area contributed by atoms with Crippen molar-refractivity contribution in [3.8, 4) is 0 Å². The molecule has 0 spiro atoms. The number of carbonyl (C=O) groups is 1. The van der Waals surface area contributed by atoms with Crippen molar-refractivity contribution in [2.24, 2.45) is 0 Å². The fourth-order valence-corrected chi connectivity index (χ4v) is 4.31. The zero-order chi connectivity index (χ0) is 22.3. The highest BCUT2D eigenvalue weighted by atomic mass is 32.2. The van der Waals surface area contributed by atoms with Crippen LogP contribution in [-0.4, -0.2) is 24.1 Å². The molecule has 0 saturated carbocycles. The monoisotopic (exact) mass is 440 g/mol. The van der Waals surface area contributed by atoms with Crippen LogP contribution in [0.3, 0.4) is 0 Å². The maximum atomic E-state index is 13.7. The van der Waals surface area contributed by atoms with Gasteiger partial charge in [-0.1, -0.05) is 12.1 Å². The fraction of sp³-hybridized carbons (Fsp3) is 0.250. The van der Waals surface area contributed by atoms with Crippen molar-refractivity contribution in [3.05, 3.63) is 60.0 Å². The average Bonchev–Trinajstić information content (AvgIpc) is 3.02. The summed E-state index contributed by atoms with van der Waals surface area (Å²) in [7, 11) is -4.38. The highest BCUT2D eigenvalue weighted by Crippen LogP contribution is 2.36. The summed E-state index contributed by atoms with van der Waals surface area (Å²) in [6.45, 7) is 4.92. The van der Waals surface area contributed by atoms with Crippen LogP contribution in [0.4, 0.5) is 23.7 Å². The van der Waals surface area contributed by atoms with E-state index in [4.69, 9.17) is 4.74 Å². The van der Waals surface area contributed by atoms with Crippen molar-refractivity contribution in [1.82, 2.24) is 3.97 Å². The first-order valence-electron chi connectivity index (χ1n) is 8.83. The lowest BCUT2D eigenvalue weighted by Crippen LogP contribution is -2.27. The van der Waals surface area contributed by atoms with E-state index in [1.54, 1.807) is 20.8 Å². The molecule has 1 N–H and O–H groups in total. The number of fused-ring (bicyclic) bond motifs is 1. The summed E-state index contributed by atoms with van der Waals surface area (Å²) in [6.07, 6.45) is -3.13. The van der Waals surface area contributed by atoms with Gasteiger partial charge >= 0.3 is 6.09 Å². The molecule has 30 heavy (non-hydrogen) atoms. The Morgan fingerprint density at radius 3 is 2.40 bits per heavy atom. The van der Waals surface area contributed by atoms with E-state index in [1.165, 1.54) is 24.3 Å².